The van der Waals surface area contributed by atoms with E-state index < -0.39 is 52.7 Å². The summed E-state index contributed by atoms with van der Waals surface area (Å²) in [5.41, 5.74) is -3.34. The van der Waals surface area contributed by atoms with E-state index in [0.717, 1.165) is 12.8 Å². The van der Waals surface area contributed by atoms with Gasteiger partial charge in [-0.05, 0) is 63.2 Å². The summed E-state index contributed by atoms with van der Waals surface area (Å²) in [6, 6.07) is 0. The second-order valence-corrected chi connectivity index (χ2v) is 11.9. The first-order chi connectivity index (χ1) is 16.1. The van der Waals surface area contributed by atoms with Gasteiger partial charge in [0, 0.05) is 0 Å². The number of hydrogen-bond donors (Lipinski definition) is 0. The molecule has 1 aliphatic rings. The SMILES string of the molecule is CCC(C)(C)CC(C)(C(=O)OC1(C(C)C(=O)OC(C(F)(F)F)C(F)(F)F)CCCCC1)C(C)(C)CC. The van der Waals surface area contributed by atoms with E-state index >= 15 is 0 Å². The highest BCUT2D eigenvalue weighted by molar-refractivity contribution is 5.80. The van der Waals surface area contributed by atoms with Crippen LogP contribution in [0.1, 0.15) is 107 Å². The first kappa shape index (κ1) is 32.5. The molecule has 0 aromatic carbocycles. The van der Waals surface area contributed by atoms with E-state index in [1.54, 1.807) is 6.92 Å². The number of ether oxygens (including phenoxy) is 2. The predicted molar refractivity (Wildman–Crippen MR) is 124 cm³/mol. The lowest BCUT2D eigenvalue weighted by molar-refractivity contribution is -0.315. The molecule has 36 heavy (non-hydrogen) atoms. The van der Waals surface area contributed by atoms with Gasteiger partial charge >= 0.3 is 24.3 Å². The molecule has 0 saturated heterocycles. The van der Waals surface area contributed by atoms with Gasteiger partial charge in [0.15, 0.2) is 0 Å². The van der Waals surface area contributed by atoms with Gasteiger partial charge in [0.1, 0.15) is 5.60 Å². The number of alkyl halides is 6. The number of carbonyl (C=O) groups excluding carboxylic acids is 2. The van der Waals surface area contributed by atoms with Crippen molar-refractivity contribution in [3.05, 3.63) is 0 Å². The average molecular weight is 533 g/mol. The van der Waals surface area contributed by atoms with E-state index in [-0.39, 0.29) is 18.3 Å². The zero-order valence-corrected chi connectivity index (χ0v) is 22.7. The molecule has 2 atom stereocenters. The molecule has 0 radical (unpaired) electrons. The summed E-state index contributed by atoms with van der Waals surface area (Å²) in [6.07, 6.45) is -12.0. The van der Waals surface area contributed by atoms with Crippen LogP contribution in [0.25, 0.3) is 0 Å². The first-order valence-corrected chi connectivity index (χ1v) is 12.7. The number of halogens is 6. The van der Waals surface area contributed by atoms with E-state index in [0.29, 0.717) is 25.7 Å². The third-order valence-corrected chi connectivity index (χ3v) is 8.58. The van der Waals surface area contributed by atoms with Crippen molar-refractivity contribution >= 4 is 11.9 Å². The van der Waals surface area contributed by atoms with Crippen LogP contribution in [-0.4, -0.2) is 36.0 Å². The number of carbonyl (C=O) groups is 2. The van der Waals surface area contributed by atoms with Crippen molar-refractivity contribution < 1.29 is 45.4 Å². The predicted octanol–water partition coefficient (Wildman–Crippen LogP) is 8.17. The van der Waals surface area contributed by atoms with Crippen molar-refractivity contribution in [3.63, 3.8) is 0 Å². The van der Waals surface area contributed by atoms with Crippen LogP contribution in [0.15, 0.2) is 0 Å². The highest BCUT2D eigenvalue weighted by Gasteiger charge is 2.61. The van der Waals surface area contributed by atoms with Gasteiger partial charge in [-0.15, -0.1) is 0 Å². The monoisotopic (exact) mass is 532 g/mol. The van der Waals surface area contributed by atoms with E-state index in [1.807, 2.05) is 41.5 Å². The van der Waals surface area contributed by atoms with Gasteiger partial charge in [-0.3, -0.25) is 9.59 Å². The van der Waals surface area contributed by atoms with Crippen LogP contribution >= 0.6 is 0 Å². The minimum absolute atomic E-state index is 0.150. The molecular formula is C26H42F6O4. The minimum Gasteiger partial charge on any atom is -0.458 e. The smallest absolute Gasteiger partial charge is 0.434 e. The standard InChI is InChI=1S/C26H42F6O4/c1-9-21(4,5)16-23(8,22(6,7)10-2)20(34)36-24(14-12-11-13-15-24)17(3)18(33)35-19(25(27,28)29)26(30,31)32/h17,19H,9-16H2,1-8H3. The van der Waals surface area contributed by atoms with Crippen LogP contribution in [0, 0.1) is 22.2 Å². The fourth-order valence-electron chi connectivity index (χ4n) is 4.88. The molecule has 0 heterocycles. The Labute approximate surface area is 210 Å². The molecule has 4 nitrogen and oxygen atoms in total. The summed E-state index contributed by atoms with van der Waals surface area (Å²) >= 11 is 0. The second-order valence-electron chi connectivity index (χ2n) is 11.9. The summed E-state index contributed by atoms with van der Waals surface area (Å²) in [6.45, 7) is 14.8. The average Bonchev–Trinajstić information content (AvgIpc) is 2.75. The lowest BCUT2D eigenvalue weighted by Gasteiger charge is -2.49. The van der Waals surface area contributed by atoms with Crippen LogP contribution in [0.5, 0.6) is 0 Å². The molecule has 0 aromatic rings. The zero-order valence-electron chi connectivity index (χ0n) is 22.7. The molecule has 1 aliphatic carbocycles. The Morgan fingerprint density at radius 3 is 1.69 bits per heavy atom. The number of rotatable bonds is 10. The van der Waals surface area contributed by atoms with Crippen LogP contribution in [0.4, 0.5) is 26.3 Å². The Morgan fingerprint density at radius 1 is 0.833 bits per heavy atom. The van der Waals surface area contributed by atoms with E-state index in [4.69, 9.17) is 4.74 Å². The maximum atomic E-state index is 13.9. The molecule has 0 amide bonds. The third-order valence-electron chi connectivity index (χ3n) is 8.58. The molecule has 0 spiro atoms. The highest BCUT2D eigenvalue weighted by atomic mass is 19.4. The summed E-state index contributed by atoms with van der Waals surface area (Å²) in [5, 5.41) is 0. The van der Waals surface area contributed by atoms with Crippen molar-refractivity contribution in [1.29, 1.82) is 0 Å². The van der Waals surface area contributed by atoms with Gasteiger partial charge in [-0.2, -0.15) is 26.3 Å². The summed E-state index contributed by atoms with van der Waals surface area (Å²) in [7, 11) is 0. The zero-order chi connectivity index (χ0) is 28.4. The van der Waals surface area contributed by atoms with Crippen molar-refractivity contribution in [2.45, 2.75) is 131 Å². The quantitative estimate of drug-likeness (QED) is 0.210. The van der Waals surface area contributed by atoms with Crippen molar-refractivity contribution in [1.82, 2.24) is 0 Å². The molecule has 1 rings (SSSR count). The molecule has 0 aromatic heterocycles. The molecular weight excluding hydrogens is 490 g/mol. The van der Waals surface area contributed by atoms with Crippen LogP contribution in [-0.2, 0) is 19.1 Å². The van der Waals surface area contributed by atoms with E-state index in [2.05, 4.69) is 4.74 Å². The summed E-state index contributed by atoms with van der Waals surface area (Å²) in [5.74, 6) is -3.79. The van der Waals surface area contributed by atoms with E-state index in [9.17, 15) is 35.9 Å². The van der Waals surface area contributed by atoms with Crippen LogP contribution in [0.3, 0.4) is 0 Å². The number of hydrogen-bond acceptors (Lipinski definition) is 4. The van der Waals surface area contributed by atoms with Crippen molar-refractivity contribution in [3.8, 4) is 0 Å². The maximum absolute atomic E-state index is 13.9. The third kappa shape index (κ3) is 7.30. The van der Waals surface area contributed by atoms with Gasteiger partial charge in [-0.25, -0.2) is 0 Å². The normalized spacial score (nSPS) is 20.0. The molecule has 212 valence electrons. The fourth-order valence-corrected chi connectivity index (χ4v) is 4.88. The van der Waals surface area contributed by atoms with Gasteiger partial charge in [-0.1, -0.05) is 54.4 Å². The summed E-state index contributed by atoms with van der Waals surface area (Å²) < 4.78 is 88.2. The molecule has 10 heteroatoms. The van der Waals surface area contributed by atoms with Gasteiger partial charge < -0.3 is 9.47 Å². The Morgan fingerprint density at radius 2 is 1.31 bits per heavy atom. The number of esters is 2. The van der Waals surface area contributed by atoms with Crippen molar-refractivity contribution in [2.24, 2.45) is 22.2 Å². The molecule has 2 unspecified atom stereocenters. The summed E-state index contributed by atoms with van der Waals surface area (Å²) in [4.78, 5) is 26.6. The largest absolute Gasteiger partial charge is 0.458 e. The van der Waals surface area contributed by atoms with Crippen molar-refractivity contribution in [2.75, 3.05) is 0 Å². The minimum atomic E-state index is -5.82. The van der Waals surface area contributed by atoms with E-state index in [1.165, 1.54) is 6.92 Å². The van der Waals surface area contributed by atoms with Crippen LogP contribution in [0.2, 0.25) is 0 Å². The first-order valence-electron chi connectivity index (χ1n) is 12.7. The Bertz CT molecular complexity index is 751. The Balaban J connectivity index is 3.40. The molecule has 0 bridgehead atoms. The highest BCUT2D eigenvalue weighted by Crippen LogP contribution is 2.52. The lowest BCUT2D eigenvalue weighted by atomic mass is 9.58. The Hall–Kier alpha value is -1.48. The van der Waals surface area contributed by atoms with Crippen LogP contribution < -0.4 is 0 Å². The molecule has 0 aliphatic heterocycles. The lowest BCUT2D eigenvalue weighted by Crippen LogP contribution is -2.54. The molecule has 0 N–H and O–H groups in total. The van der Waals surface area contributed by atoms with Gasteiger partial charge in [0.2, 0.25) is 0 Å². The molecule has 1 saturated carbocycles. The molecule has 1 fully saturated rings. The topological polar surface area (TPSA) is 52.6 Å². The fraction of sp³-hybridized carbons (Fsp3) is 0.923. The van der Waals surface area contributed by atoms with Gasteiger partial charge in [0.05, 0.1) is 11.3 Å². The Kier molecular flexibility index (Phi) is 10.0. The van der Waals surface area contributed by atoms with Gasteiger partial charge in [0.25, 0.3) is 6.10 Å². The second kappa shape index (κ2) is 11.1. The maximum Gasteiger partial charge on any atom is 0.434 e.